The first kappa shape index (κ1) is 16.2. The number of ether oxygens (including phenoxy) is 1. The highest BCUT2D eigenvalue weighted by Crippen LogP contribution is 2.34. The first-order chi connectivity index (χ1) is 10.5. The fourth-order valence-corrected chi connectivity index (χ4v) is 3.06. The summed E-state index contributed by atoms with van der Waals surface area (Å²) in [6.07, 6.45) is 1.60. The molecule has 0 saturated carbocycles. The maximum atomic E-state index is 12.8. The average Bonchev–Trinajstić information content (AvgIpc) is 2.89. The number of carbonyl (C=O) groups is 2. The van der Waals surface area contributed by atoms with Crippen molar-refractivity contribution in [3.8, 4) is 0 Å². The van der Waals surface area contributed by atoms with E-state index in [1.807, 2.05) is 0 Å². The van der Waals surface area contributed by atoms with Gasteiger partial charge in [0, 0.05) is 20.7 Å². The summed E-state index contributed by atoms with van der Waals surface area (Å²) in [6.45, 7) is 0.855. The van der Waals surface area contributed by atoms with E-state index in [1.165, 1.54) is 0 Å². The number of primary amides is 1. The normalized spacial score (nSPS) is 20.9. The monoisotopic (exact) mass is 306 g/mol. The molecule has 1 aliphatic rings. The van der Waals surface area contributed by atoms with Gasteiger partial charge in [0.25, 0.3) is 5.91 Å². The van der Waals surface area contributed by atoms with Crippen molar-refractivity contribution in [2.45, 2.75) is 24.8 Å². The second kappa shape index (κ2) is 6.74. The van der Waals surface area contributed by atoms with Gasteiger partial charge in [0.15, 0.2) is 0 Å². The van der Waals surface area contributed by atoms with Crippen molar-refractivity contribution in [1.29, 1.82) is 0 Å². The second-order valence-corrected chi connectivity index (χ2v) is 5.52. The van der Waals surface area contributed by atoms with Gasteiger partial charge in [-0.15, -0.1) is 0 Å². The van der Waals surface area contributed by atoms with Crippen LogP contribution in [-0.2, 0) is 9.53 Å². The van der Waals surface area contributed by atoms with E-state index in [1.54, 1.807) is 37.3 Å². The minimum atomic E-state index is -0.672. The molecule has 1 saturated heterocycles. The Morgan fingerprint density at radius 3 is 2.91 bits per heavy atom. The molecule has 3 N–H and O–H groups in total. The number of hydrogen-bond donors (Lipinski definition) is 2. The van der Waals surface area contributed by atoms with Gasteiger partial charge in [-0.3, -0.25) is 9.59 Å². The third-order valence-corrected chi connectivity index (χ3v) is 3.98. The molecule has 7 nitrogen and oxygen atoms in total. The molecular formula is C15H22N4O3. The molecule has 1 aliphatic heterocycles. The van der Waals surface area contributed by atoms with Crippen molar-refractivity contribution in [3.05, 3.63) is 23.9 Å². The Bertz CT molecular complexity index is 563. The van der Waals surface area contributed by atoms with Crippen LogP contribution in [0.5, 0.6) is 0 Å². The fraction of sp³-hybridized carbons (Fsp3) is 0.533. The van der Waals surface area contributed by atoms with E-state index < -0.39 is 11.4 Å². The number of nitrogens with one attached hydrogen (secondary N) is 1. The van der Waals surface area contributed by atoms with Crippen LogP contribution < -0.4 is 11.1 Å². The minimum Gasteiger partial charge on any atom is -0.382 e. The van der Waals surface area contributed by atoms with Gasteiger partial charge in [0.2, 0.25) is 5.91 Å². The number of hydrogen-bond acceptors (Lipinski definition) is 5. The smallest absolute Gasteiger partial charge is 0.273 e. The molecule has 1 atom stereocenters. The quantitative estimate of drug-likeness (QED) is 0.803. The lowest BCUT2D eigenvalue weighted by Gasteiger charge is -2.37. The fourth-order valence-electron chi connectivity index (χ4n) is 3.06. The Hall–Kier alpha value is -2.15. The van der Waals surface area contributed by atoms with Crippen molar-refractivity contribution in [1.82, 2.24) is 9.88 Å². The second-order valence-electron chi connectivity index (χ2n) is 5.52. The molecule has 0 radical (unpaired) electrons. The van der Waals surface area contributed by atoms with Crippen LogP contribution in [0, 0.1) is 0 Å². The van der Waals surface area contributed by atoms with Crippen LogP contribution in [-0.4, -0.2) is 54.5 Å². The zero-order chi connectivity index (χ0) is 16.2. The van der Waals surface area contributed by atoms with Gasteiger partial charge < -0.3 is 20.7 Å². The summed E-state index contributed by atoms with van der Waals surface area (Å²) in [5, 5.41) is 2.91. The van der Waals surface area contributed by atoms with Crippen molar-refractivity contribution < 1.29 is 14.3 Å². The molecule has 0 unspecified atom stereocenters. The molecule has 1 aromatic heterocycles. The summed E-state index contributed by atoms with van der Waals surface area (Å²) in [5.41, 5.74) is 5.05. The zero-order valence-corrected chi connectivity index (χ0v) is 13.0. The van der Waals surface area contributed by atoms with Gasteiger partial charge in [0.1, 0.15) is 11.5 Å². The Balaban J connectivity index is 2.30. The molecule has 2 rings (SSSR count). The average molecular weight is 306 g/mol. The lowest BCUT2D eigenvalue weighted by atomic mass is 9.92. The Morgan fingerprint density at radius 2 is 2.27 bits per heavy atom. The zero-order valence-electron chi connectivity index (χ0n) is 13.0. The summed E-state index contributed by atoms with van der Waals surface area (Å²) in [7, 11) is 3.30. The van der Waals surface area contributed by atoms with Gasteiger partial charge in [-0.2, -0.15) is 0 Å². The summed E-state index contributed by atoms with van der Waals surface area (Å²) in [5.74, 6) is -0.0149. The molecule has 0 aromatic carbocycles. The molecule has 0 bridgehead atoms. The number of aromatic nitrogens is 1. The van der Waals surface area contributed by atoms with E-state index in [4.69, 9.17) is 10.5 Å². The van der Waals surface area contributed by atoms with Gasteiger partial charge in [0.05, 0.1) is 18.6 Å². The first-order valence-electron chi connectivity index (χ1n) is 7.26. The predicted octanol–water partition coefficient (Wildman–Crippen LogP) is 0.620. The van der Waals surface area contributed by atoms with Gasteiger partial charge >= 0.3 is 0 Å². The van der Waals surface area contributed by atoms with E-state index in [0.717, 1.165) is 6.42 Å². The van der Waals surface area contributed by atoms with Crippen LogP contribution in [0.25, 0.3) is 0 Å². The van der Waals surface area contributed by atoms with E-state index in [-0.39, 0.29) is 18.9 Å². The van der Waals surface area contributed by atoms with Crippen LogP contribution >= 0.6 is 0 Å². The largest absolute Gasteiger partial charge is 0.382 e. The number of pyridine rings is 1. The molecule has 2 heterocycles. The Labute approximate surface area is 129 Å². The number of nitrogens with zero attached hydrogens (tertiary/aromatic N) is 2. The number of amides is 2. The molecule has 1 aromatic rings. The Morgan fingerprint density at radius 1 is 1.50 bits per heavy atom. The molecule has 0 spiro atoms. The number of likely N-dealkylation sites (tertiary alicyclic amines) is 1. The number of carbonyl (C=O) groups excluding carboxylic acids is 2. The molecule has 0 aliphatic carbocycles. The highest BCUT2D eigenvalue weighted by molar-refractivity contribution is 5.94. The highest BCUT2D eigenvalue weighted by Gasteiger charge is 2.45. The molecule has 22 heavy (non-hydrogen) atoms. The van der Waals surface area contributed by atoms with Gasteiger partial charge in [-0.1, -0.05) is 6.07 Å². The summed E-state index contributed by atoms with van der Waals surface area (Å²) < 4.78 is 5.26. The first-order valence-corrected chi connectivity index (χ1v) is 7.26. The lowest BCUT2D eigenvalue weighted by Crippen LogP contribution is -2.52. The lowest BCUT2D eigenvalue weighted by molar-refractivity contribution is -0.121. The summed E-state index contributed by atoms with van der Waals surface area (Å²) in [6, 6.07) is 5.23. The summed E-state index contributed by atoms with van der Waals surface area (Å²) in [4.78, 5) is 30.2. The van der Waals surface area contributed by atoms with Crippen molar-refractivity contribution >= 4 is 17.6 Å². The van der Waals surface area contributed by atoms with E-state index in [0.29, 0.717) is 24.5 Å². The van der Waals surface area contributed by atoms with Crippen LogP contribution in [0.1, 0.15) is 29.8 Å². The predicted molar refractivity (Wildman–Crippen MR) is 82.5 cm³/mol. The van der Waals surface area contributed by atoms with Crippen molar-refractivity contribution in [2.24, 2.45) is 5.73 Å². The minimum absolute atomic E-state index is 0.0955. The number of methoxy groups -OCH3 is 1. The van der Waals surface area contributed by atoms with Crippen molar-refractivity contribution in [2.75, 3.05) is 32.6 Å². The van der Waals surface area contributed by atoms with E-state index in [2.05, 4.69) is 10.3 Å². The molecule has 7 heteroatoms. The van der Waals surface area contributed by atoms with Gasteiger partial charge in [-0.25, -0.2) is 4.98 Å². The van der Waals surface area contributed by atoms with Crippen molar-refractivity contribution in [3.63, 3.8) is 0 Å². The molecule has 120 valence electrons. The standard InChI is InChI=1S/C15H22N4O3/c1-17-13-6-3-5-11(18-13)14(21)19-8-4-7-15(19,10-22-2)9-12(16)20/h3,5-6H,4,7-10H2,1-2H3,(H2,16,20)(H,17,18)/t15-/m1/s1. The third-order valence-electron chi connectivity index (χ3n) is 3.98. The summed E-state index contributed by atoms with van der Waals surface area (Å²) >= 11 is 0. The van der Waals surface area contributed by atoms with E-state index in [9.17, 15) is 9.59 Å². The van der Waals surface area contributed by atoms with E-state index >= 15 is 0 Å². The number of rotatable bonds is 6. The number of nitrogens with two attached hydrogens (primary N) is 1. The maximum Gasteiger partial charge on any atom is 0.273 e. The molecule has 1 fully saturated rings. The SMILES string of the molecule is CNc1cccc(C(=O)N2CCC[C@]2(COC)CC(N)=O)n1. The van der Waals surface area contributed by atoms with Crippen LogP contribution in [0.15, 0.2) is 18.2 Å². The Kier molecular flexibility index (Phi) is 4.97. The van der Waals surface area contributed by atoms with Crippen LogP contribution in [0.2, 0.25) is 0 Å². The molecular weight excluding hydrogens is 284 g/mol. The highest BCUT2D eigenvalue weighted by atomic mass is 16.5. The van der Waals surface area contributed by atoms with Crippen LogP contribution in [0.3, 0.4) is 0 Å². The number of anilines is 1. The van der Waals surface area contributed by atoms with Crippen LogP contribution in [0.4, 0.5) is 5.82 Å². The molecule has 2 amide bonds. The third kappa shape index (κ3) is 3.19. The topological polar surface area (TPSA) is 97.5 Å². The van der Waals surface area contributed by atoms with Gasteiger partial charge in [-0.05, 0) is 25.0 Å². The maximum absolute atomic E-state index is 12.8.